The molecule has 0 aromatic heterocycles. The first-order valence-corrected chi connectivity index (χ1v) is 6.80. The molecule has 0 aliphatic carbocycles. The summed E-state index contributed by atoms with van der Waals surface area (Å²) < 4.78 is 0. The first-order valence-electron chi connectivity index (χ1n) is 6.80. The second-order valence-electron chi connectivity index (χ2n) is 4.83. The van der Waals surface area contributed by atoms with Gasteiger partial charge in [-0.1, -0.05) is 50.8 Å². The topological polar surface area (TPSA) is 38.0 Å². The van der Waals surface area contributed by atoms with Crippen molar-refractivity contribution >= 4 is 5.69 Å². The molecule has 0 bridgehead atoms. The zero-order chi connectivity index (χ0) is 12.5. The Bertz CT molecular complexity index is 310. The molecule has 0 saturated carbocycles. The van der Waals surface area contributed by atoms with E-state index in [1.165, 1.54) is 37.7 Å². The number of benzene rings is 1. The molecule has 1 unspecified atom stereocenters. The Morgan fingerprint density at radius 2 is 1.94 bits per heavy atom. The summed E-state index contributed by atoms with van der Waals surface area (Å²) in [7, 11) is 0. The van der Waals surface area contributed by atoms with Crippen LogP contribution in [0.4, 0.5) is 5.69 Å². The van der Waals surface area contributed by atoms with Crippen LogP contribution in [0.3, 0.4) is 0 Å². The van der Waals surface area contributed by atoms with E-state index in [4.69, 9.17) is 5.73 Å². The highest BCUT2D eigenvalue weighted by molar-refractivity contribution is 5.46. The molecule has 0 aliphatic heterocycles. The van der Waals surface area contributed by atoms with Gasteiger partial charge in [-0.15, -0.1) is 0 Å². The number of hydrogen-bond acceptors (Lipinski definition) is 2. The lowest BCUT2D eigenvalue weighted by molar-refractivity contribution is 0.483. The maximum Gasteiger partial charge on any atom is 0.0359 e. The summed E-state index contributed by atoms with van der Waals surface area (Å²) in [5, 5.41) is 3.54. The minimum atomic E-state index is 0.575. The largest absolute Gasteiger partial charge is 0.398 e. The summed E-state index contributed by atoms with van der Waals surface area (Å²) >= 11 is 0. The molecule has 0 aliphatic rings. The van der Waals surface area contributed by atoms with Crippen LogP contribution in [0.1, 0.15) is 51.5 Å². The summed E-state index contributed by atoms with van der Waals surface area (Å²) in [4.78, 5) is 0. The monoisotopic (exact) mass is 234 g/mol. The fourth-order valence-electron chi connectivity index (χ4n) is 1.96. The number of hydrogen-bond donors (Lipinski definition) is 2. The van der Waals surface area contributed by atoms with E-state index in [9.17, 15) is 0 Å². The molecule has 1 aromatic rings. The van der Waals surface area contributed by atoms with Crippen LogP contribution in [0.25, 0.3) is 0 Å². The summed E-state index contributed by atoms with van der Waals surface area (Å²) in [5.41, 5.74) is 8.00. The minimum Gasteiger partial charge on any atom is -0.398 e. The number of unbranched alkanes of at least 4 members (excludes halogenated alkanes) is 3. The van der Waals surface area contributed by atoms with E-state index in [0.717, 1.165) is 12.2 Å². The lowest BCUT2D eigenvalue weighted by Gasteiger charge is -2.14. The van der Waals surface area contributed by atoms with Gasteiger partial charge in [-0.2, -0.15) is 0 Å². The normalized spacial score (nSPS) is 12.6. The van der Waals surface area contributed by atoms with Gasteiger partial charge in [0.2, 0.25) is 0 Å². The molecule has 0 heterocycles. The van der Waals surface area contributed by atoms with E-state index < -0.39 is 0 Å². The SMILES string of the molecule is CCCCCCC(C)NCc1ccccc1N. The quantitative estimate of drug-likeness (QED) is 0.531. The van der Waals surface area contributed by atoms with Gasteiger partial charge in [-0.3, -0.25) is 0 Å². The summed E-state index contributed by atoms with van der Waals surface area (Å²) in [6.07, 6.45) is 6.61. The zero-order valence-electron chi connectivity index (χ0n) is 11.2. The molecule has 0 saturated heterocycles. The van der Waals surface area contributed by atoms with Crippen LogP contribution in [0, 0.1) is 0 Å². The molecule has 96 valence electrons. The van der Waals surface area contributed by atoms with Crippen LogP contribution in [-0.2, 0) is 6.54 Å². The number of para-hydroxylation sites is 1. The molecule has 2 nitrogen and oxygen atoms in total. The van der Waals surface area contributed by atoms with Crippen LogP contribution in [0.15, 0.2) is 24.3 Å². The molecule has 2 heteroatoms. The van der Waals surface area contributed by atoms with Crippen molar-refractivity contribution in [3.05, 3.63) is 29.8 Å². The summed E-state index contributed by atoms with van der Waals surface area (Å²) in [5.74, 6) is 0. The highest BCUT2D eigenvalue weighted by Gasteiger charge is 2.02. The molecular formula is C15H26N2. The molecule has 0 fully saturated rings. The molecule has 1 atom stereocenters. The molecule has 17 heavy (non-hydrogen) atoms. The Hall–Kier alpha value is -1.02. The van der Waals surface area contributed by atoms with Crippen molar-refractivity contribution in [2.75, 3.05) is 5.73 Å². The first kappa shape index (κ1) is 14.0. The Morgan fingerprint density at radius 3 is 2.65 bits per heavy atom. The van der Waals surface area contributed by atoms with Gasteiger partial charge in [-0.25, -0.2) is 0 Å². The molecule has 1 rings (SSSR count). The van der Waals surface area contributed by atoms with Crippen molar-refractivity contribution in [1.82, 2.24) is 5.32 Å². The summed E-state index contributed by atoms with van der Waals surface area (Å²) in [6.45, 7) is 5.38. The van der Waals surface area contributed by atoms with E-state index in [2.05, 4.69) is 25.2 Å². The second-order valence-corrected chi connectivity index (χ2v) is 4.83. The van der Waals surface area contributed by atoms with Gasteiger partial charge in [-0.05, 0) is 25.0 Å². The van der Waals surface area contributed by atoms with Crippen LogP contribution in [0.2, 0.25) is 0 Å². The van der Waals surface area contributed by atoms with Crippen molar-refractivity contribution in [2.45, 2.75) is 58.5 Å². The standard InChI is InChI=1S/C15H26N2/c1-3-4-5-6-9-13(2)17-12-14-10-7-8-11-15(14)16/h7-8,10-11,13,17H,3-6,9,12,16H2,1-2H3. The number of anilines is 1. The highest BCUT2D eigenvalue weighted by atomic mass is 14.9. The van der Waals surface area contributed by atoms with Crippen LogP contribution >= 0.6 is 0 Å². The molecule has 0 radical (unpaired) electrons. The van der Waals surface area contributed by atoms with Gasteiger partial charge in [0.15, 0.2) is 0 Å². The summed E-state index contributed by atoms with van der Waals surface area (Å²) in [6, 6.07) is 8.65. The Morgan fingerprint density at radius 1 is 1.18 bits per heavy atom. The molecule has 3 N–H and O–H groups in total. The smallest absolute Gasteiger partial charge is 0.0359 e. The van der Waals surface area contributed by atoms with Crippen molar-refractivity contribution < 1.29 is 0 Å². The van der Waals surface area contributed by atoms with Crippen molar-refractivity contribution in [2.24, 2.45) is 0 Å². The third kappa shape index (κ3) is 5.73. The van der Waals surface area contributed by atoms with Gasteiger partial charge < -0.3 is 11.1 Å². The Balaban J connectivity index is 2.19. The van der Waals surface area contributed by atoms with Crippen LogP contribution in [0.5, 0.6) is 0 Å². The van der Waals surface area contributed by atoms with Gasteiger partial charge in [0.05, 0.1) is 0 Å². The lowest BCUT2D eigenvalue weighted by Crippen LogP contribution is -2.25. The van der Waals surface area contributed by atoms with E-state index in [0.29, 0.717) is 6.04 Å². The maximum atomic E-state index is 5.91. The average Bonchev–Trinajstić information content (AvgIpc) is 2.34. The minimum absolute atomic E-state index is 0.575. The van der Waals surface area contributed by atoms with E-state index >= 15 is 0 Å². The number of nitrogens with two attached hydrogens (primary N) is 1. The number of nitrogen functional groups attached to an aromatic ring is 1. The molecular weight excluding hydrogens is 208 g/mol. The first-order chi connectivity index (χ1) is 8.24. The fraction of sp³-hybridized carbons (Fsp3) is 0.600. The van der Waals surface area contributed by atoms with Crippen molar-refractivity contribution in [1.29, 1.82) is 0 Å². The van der Waals surface area contributed by atoms with Crippen LogP contribution in [-0.4, -0.2) is 6.04 Å². The van der Waals surface area contributed by atoms with Gasteiger partial charge in [0.25, 0.3) is 0 Å². The molecule has 0 spiro atoms. The third-order valence-electron chi connectivity index (χ3n) is 3.19. The second kappa shape index (κ2) is 8.13. The zero-order valence-corrected chi connectivity index (χ0v) is 11.2. The van der Waals surface area contributed by atoms with Gasteiger partial charge in [0, 0.05) is 18.3 Å². The molecule has 0 amide bonds. The van der Waals surface area contributed by atoms with Crippen molar-refractivity contribution in [3.63, 3.8) is 0 Å². The third-order valence-corrected chi connectivity index (χ3v) is 3.19. The predicted molar refractivity (Wildman–Crippen MR) is 75.9 cm³/mol. The highest BCUT2D eigenvalue weighted by Crippen LogP contribution is 2.11. The predicted octanol–water partition coefficient (Wildman–Crippen LogP) is 3.72. The fourth-order valence-corrected chi connectivity index (χ4v) is 1.96. The van der Waals surface area contributed by atoms with Gasteiger partial charge >= 0.3 is 0 Å². The number of nitrogens with one attached hydrogen (secondary N) is 1. The van der Waals surface area contributed by atoms with Crippen molar-refractivity contribution in [3.8, 4) is 0 Å². The molecule has 1 aromatic carbocycles. The number of rotatable bonds is 8. The lowest BCUT2D eigenvalue weighted by atomic mass is 10.1. The Labute approximate surface area is 106 Å². The Kier molecular flexibility index (Phi) is 6.71. The van der Waals surface area contributed by atoms with E-state index in [-0.39, 0.29) is 0 Å². The van der Waals surface area contributed by atoms with Crippen LogP contribution < -0.4 is 11.1 Å². The average molecular weight is 234 g/mol. The maximum absolute atomic E-state index is 5.91. The van der Waals surface area contributed by atoms with Gasteiger partial charge in [0.1, 0.15) is 0 Å². The van der Waals surface area contributed by atoms with E-state index in [1.807, 2.05) is 18.2 Å². The van der Waals surface area contributed by atoms with E-state index in [1.54, 1.807) is 0 Å².